The van der Waals surface area contributed by atoms with E-state index >= 15 is 0 Å². The molecule has 0 aliphatic carbocycles. The molecule has 0 saturated heterocycles. The van der Waals surface area contributed by atoms with E-state index in [9.17, 15) is 0 Å². The largest absolute Gasteiger partial charge is 0.479 e. The minimum Gasteiger partial charge on any atom is -0.479 e. The first kappa shape index (κ1) is 9.92. The van der Waals surface area contributed by atoms with Gasteiger partial charge in [0.25, 0.3) is 0 Å². The summed E-state index contributed by atoms with van der Waals surface area (Å²) in [6.07, 6.45) is 0. The van der Waals surface area contributed by atoms with Gasteiger partial charge in [0, 0.05) is 14.1 Å². The molecule has 5 heteroatoms. The number of pyridine rings is 1. The van der Waals surface area contributed by atoms with Crippen molar-refractivity contribution in [1.29, 1.82) is 0 Å². The van der Waals surface area contributed by atoms with Crippen molar-refractivity contribution >= 4 is 23.1 Å². The maximum atomic E-state index is 5.91. The Kier molecular flexibility index (Phi) is 2.83. The van der Waals surface area contributed by atoms with Crippen molar-refractivity contribution in [3.63, 3.8) is 0 Å². The summed E-state index contributed by atoms with van der Waals surface area (Å²) in [6, 6.07) is 1.63. The van der Waals surface area contributed by atoms with Crippen LogP contribution in [0.5, 0.6) is 5.88 Å². The number of nitrogens with two attached hydrogens (primary N) is 1. The molecule has 1 aromatic rings. The lowest BCUT2D eigenvalue weighted by atomic mass is 10.4. The number of hydrogen-bond acceptors (Lipinski definition) is 4. The summed E-state index contributed by atoms with van der Waals surface area (Å²) < 4.78 is 4.97. The smallest absolute Gasteiger partial charge is 0.238 e. The Labute approximate surface area is 82.3 Å². The number of anilines is 2. The lowest BCUT2D eigenvalue weighted by Crippen LogP contribution is -2.12. The van der Waals surface area contributed by atoms with Crippen molar-refractivity contribution < 1.29 is 4.74 Å². The predicted molar refractivity (Wildman–Crippen MR) is 54.5 cm³/mol. The quantitative estimate of drug-likeness (QED) is 0.786. The molecular weight excluding hydrogens is 190 g/mol. The van der Waals surface area contributed by atoms with Crippen LogP contribution in [-0.2, 0) is 0 Å². The average Bonchev–Trinajstić information content (AvgIpc) is 2.03. The Balaban J connectivity index is 3.22. The van der Waals surface area contributed by atoms with E-state index in [4.69, 9.17) is 22.1 Å². The van der Waals surface area contributed by atoms with Gasteiger partial charge in [0.05, 0.1) is 17.8 Å². The maximum Gasteiger partial charge on any atom is 0.238 e. The van der Waals surface area contributed by atoms with Crippen LogP contribution in [0.25, 0.3) is 0 Å². The molecule has 0 aromatic carbocycles. The fraction of sp³-hybridized carbons (Fsp3) is 0.375. The zero-order chi connectivity index (χ0) is 10.0. The first-order chi connectivity index (χ1) is 6.06. The molecular formula is C8H12ClN3O. The standard InChI is InChI=1S/C8H12ClN3O/c1-12(2)7-5(9)4-6(10)8(11-7)13-3/h4H,10H2,1-3H3. The number of nitrogen functional groups attached to an aromatic ring is 1. The van der Waals surface area contributed by atoms with E-state index in [1.807, 2.05) is 14.1 Å². The Bertz CT molecular complexity index is 315. The zero-order valence-corrected chi connectivity index (χ0v) is 8.59. The second-order valence-electron chi connectivity index (χ2n) is 2.79. The highest BCUT2D eigenvalue weighted by Crippen LogP contribution is 2.29. The van der Waals surface area contributed by atoms with Gasteiger partial charge in [-0.05, 0) is 6.07 Å². The number of rotatable bonds is 2. The van der Waals surface area contributed by atoms with E-state index in [0.29, 0.717) is 22.4 Å². The Morgan fingerprint density at radius 2 is 2.15 bits per heavy atom. The van der Waals surface area contributed by atoms with Crippen LogP contribution in [-0.4, -0.2) is 26.2 Å². The number of ether oxygens (including phenoxy) is 1. The second-order valence-corrected chi connectivity index (χ2v) is 3.19. The van der Waals surface area contributed by atoms with Gasteiger partial charge in [-0.1, -0.05) is 11.6 Å². The van der Waals surface area contributed by atoms with Crippen molar-refractivity contribution in [2.75, 3.05) is 31.8 Å². The van der Waals surface area contributed by atoms with Gasteiger partial charge in [0.1, 0.15) is 0 Å². The van der Waals surface area contributed by atoms with E-state index in [0.717, 1.165) is 0 Å². The second kappa shape index (κ2) is 3.70. The van der Waals surface area contributed by atoms with Gasteiger partial charge in [-0.3, -0.25) is 0 Å². The van der Waals surface area contributed by atoms with Gasteiger partial charge < -0.3 is 15.4 Å². The molecule has 0 aliphatic heterocycles. The van der Waals surface area contributed by atoms with E-state index in [2.05, 4.69) is 4.98 Å². The molecule has 72 valence electrons. The first-order valence-electron chi connectivity index (χ1n) is 3.73. The summed E-state index contributed by atoms with van der Waals surface area (Å²) in [5, 5.41) is 0.517. The molecule has 0 saturated carbocycles. The van der Waals surface area contributed by atoms with Crippen LogP contribution in [0.4, 0.5) is 11.5 Å². The van der Waals surface area contributed by atoms with Crippen LogP contribution in [0.3, 0.4) is 0 Å². The predicted octanol–water partition coefficient (Wildman–Crippen LogP) is 1.39. The highest BCUT2D eigenvalue weighted by atomic mass is 35.5. The third kappa shape index (κ3) is 1.95. The molecule has 13 heavy (non-hydrogen) atoms. The molecule has 1 heterocycles. The highest BCUT2D eigenvalue weighted by Gasteiger charge is 2.09. The lowest BCUT2D eigenvalue weighted by Gasteiger charge is -2.14. The number of nitrogens with zero attached hydrogens (tertiary/aromatic N) is 2. The van der Waals surface area contributed by atoms with Gasteiger partial charge in [0.15, 0.2) is 5.82 Å². The molecule has 2 N–H and O–H groups in total. The van der Waals surface area contributed by atoms with Crippen LogP contribution in [0.15, 0.2) is 6.07 Å². The number of hydrogen-bond donors (Lipinski definition) is 1. The van der Waals surface area contributed by atoms with Crippen molar-refractivity contribution in [3.05, 3.63) is 11.1 Å². The molecule has 0 radical (unpaired) electrons. The van der Waals surface area contributed by atoms with Crippen LogP contribution >= 0.6 is 11.6 Å². The molecule has 1 aromatic heterocycles. The fourth-order valence-electron chi connectivity index (χ4n) is 0.954. The van der Waals surface area contributed by atoms with E-state index in [-0.39, 0.29) is 0 Å². The highest BCUT2D eigenvalue weighted by molar-refractivity contribution is 6.33. The van der Waals surface area contributed by atoms with Crippen LogP contribution in [0.2, 0.25) is 5.02 Å². The minimum atomic E-state index is 0.396. The van der Waals surface area contributed by atoms with Crippen molar-refractivity contribution in [1.82, 2.24) is 4.98 Å². The molecule has 0 fully saturated rings. The molecule has 0 amide bonds. The van der Waals surface area contributed by atoms with Crippen LogP contribution in [0, 0.1) is 0 Å². The summed E-state index contributed by atoms with van der Waals surface area (Å²) in [6.45, 7) is 0. The molecule has 0 unspecified atom stereocenters. The summed E-state index contributed by atoms with van der Waals surface area (Å²) in [5.41, 5.74) is 6.05. The summed E-state index contributed by atoms with van der Waals surface area (Å²) in [4.78, 5) is 5.93. The van der Waals surface area contributed by atoms with Crippen LogP contribution in [0.1, 0.15) is 0 Å². The van der Waals surface area contributed by atoms with E-state index in [1.54, 1.807) is 11.0 Å². The molecule has 0 atom stereocenters. The van der Waals surface area contributed by atoms with Gasteiger partial charge in [-0.25, -0.2) is 0 Å². The monoisotopic (exact) mass is 201 g/mol. The van der Waals surface area contributed by atoms with Gasteiger partial charge in [-0.2, -0.15) is 4.98 Å². The summed E-state index contributed by atoms with van der Waals surface area (Å²) in [7, 11) is 5.22. The minimum absolute atomic E-state index is 0.396. The molecule has 0 spiro atoms. The number of aromatic nitrogens is 1. The van der Waals surface area contributed by atoms with Crippen molar-refractivity contribution in [2.45, 2.75) is 0 Å². The normalized spacial score (nSPS) is 9.85. The van der Waals surface area contributed by atoms with E-state index in [1.165, 1.54) is 7.11 Å². The topological polar surface area (TPSA) is 51.4 Å². The van der Waals surface area contributed by atoms with Crippen LogP contribution < -0.4 is 15.4 Å². The molecule has 0 aliphatic rings. The van der Waals surface area contributed by atoms with Gasteiger partial charge in [0.2, 0.25) is 5.88 Å². The third-order valence-corrected chi connectivity index (χ3v) is 1.85. The SMILES string of the molecule is COc1nc(N(C)C)c(Cl)cc1N. The number of methoxy groups -OCH3 is 1. The summed E-state index contributed by atoms with van der Waals surface area (Å²) >= 11 is 5.91. The Morgan fingerprint density at radius 1 is 1.54 bits per heavy atom. The van der Waals surface area contributed by atoms with Gasteiger partial charge >= 0.3 is 0 Å². The zero-order valence-electron chi connectivity index (χ0n) is 7.84. The van der Waals surface area contributed by atoms with Crippen molar-refractivity contribution in [3.8, 4) is 5.88 Å². The third-order valence-electron chi connectivity index (χ3n) is 1.57. The Hall–Kier alpha value is -1.16. The molecule has 1 rings (SSSR count). The lowest BCUT2D eigenvalue weighted by molar-refractivity contribution is 0.400. The Morgan fingerprint density at radius 3 is 2.62 bits per heavy atom. The van der Waals surface area contributed by atoms with E-state index < -0.39 is 0 Å². The summed E-state index contributed by atoms with van der Waals surface area (Å²) in [5.74, 6) is 1.04. The number of halogens is 1. The average molecular weight is 202 g/mol. The van der Waals surface area contributed by atoms with Gasteiger partial charge in [-0.15, -0.1) is 0 Å². The van der Waals surface area contributed by atoms with Crippen molar-refractivity contribution in [2.24, 2.45) is 0 Å². The fourth-order valence-corrected chi connectivity index (χ4v) is 1.28. The molecule has 0 bridgehead atoms. The first-order valence-corrected chi connectivity index (χ1v) is 4.11. The maximum absolute atomic E-state index is 5.91. The molecule has 4 nitrogen and oxygen atoms in total.